The zero-order valence-electron chi connectivity index (χ0n) is 11.1. The van der Waals surface area contributed by atoms with Gasteiger partial charge >= 0.3 is 5.69 Å². The monoisotopic (exact) mass is 259 g/mol. The first kappa shape index (κ1) is 13.2. The van der Waals surface area contributed by atoms with Crippen molar-refractivity contribution in [2.45, 2.75) is 20.3 Å². The Morgan fingerprint density at radius 2 is 1.95 bits per heavy atom. The first-order valence-corrected chi connectivity index (χ1v) is 6.24. The highest BCUT2D eigenvalue weighted by Gasteiger charge is 2.07. The minimum absolute atomic E-state index is 0.295. The van der Waals surface area contributed by atoms with Crippen molar-refractivity contribution >= 4 is 5.95 Å². The molecule has 0 atom stereocenters. The van der Waals surface area contributed by atoms with E-state index in [-0.39, 0.29) is 5.69 Å². The van der Waals surface area contributed by atoms with E-state index in [2.05, 4.69) is 20.8 Å². The number of hydrogen-bond acceptors (Lipinski definition) is 5. The summed E-state index contributed by atoms with van der Waals surface area (Å²) in [7, 11) is 0. The Morgan fingerprint density at radius 1 is 1.21 bits per heavy atom. The van der Waals surface area contributed by atoms with Gasteiger partial charge in [-0.2, -0.15) is 9.97 Å². The fraction of sp³-hybridized carbons (Fsp3) is 0.308. The molecule has 0 radical (unpaired) electrons. The molecular formula is C13H17N5O. The summed E-state index contributed by atoms with van der Waals surface area (Å²) < 4.78 is 1.48. The van der Waals surface area contributed by atoms with Gasteiger partial charge < -0.3 is 0 Å². The Bertz CT molecular complexity index is 594. The number of para-hydroxylation sites is 1. The van der Waals surface area contributed by atoms with E-state index in [1.165, 1.54) is 4.57 Å². The molecule has 1 heterocycles. The van der Waals surface area contributed by atoms with Crippen molar-refractivity contribution in [3.05, 3.63) is 46.6 Å². The zero-order valence-corrected chi connectivity index (χ0v) is 11.1. The van der Waals surface area contributed by atoms with E-state index in [4.69, 9.17) is 0 Å². The fourth-order valence-corrected chi connectivity index (χ4v) is 1.70. The van der Waals surface area contributed by atoms with Crippen LogP contribution in [0.3, 0.4) is 0 Å². The predicted molar refractivity (Wildman–Crippen MR) is 74.3 cm³/mol. The van der Waals surface area contributed by atoms with Crippen LogP contribution in [0.15, 0.2) is 35.1 Å². The minimum atomic E-state index is -0.348. The lowest BCUT2D eigenvalue weighted by Gasteiger charge is -2.10. The molecule has 2 N–H and O–H groups in total. The summed E-state index contributed by atoms with van der Waals surface area (Å²) in [5.74, 6) is 0.884. The van der Waals surface area contributed by atoms with Crippen molar-refractivity contribution in [1.29, 1.82) is 0 Å². The lowest BCUT2D eigenvalue weighted by molar-refractivity contribution is 0.732. The summed E-state index contributed by atoms with van der Waals surface area (Å²) in [6.07, 6.45) is 0.979. The van der Waals surface area contributed by atoms with Gasteiger partial charge in [-0.15, -0.1) is 0 Å². The van der Waals surface area contributed by atoms with E-state index in [1.54, 1.807) is 6.92 Å². The van der Waals surface area contributed by atoms with Crippen LogP contribution in [-0.4, -0.2) is 21.1 Å². The van der Waals surface area contributed by atoms with Gasteiger partial charge in [-0.3, -0.25) is 5.43 Å². The number of rotatable bonds is 5. The van der Waals surface area contributed by atoms with Gasteiger partial charge in [-0.05, 0) is 25.5 Å². The Labute approximate surface area is 111 Å². The molecule has 0 spiro atoms. The third kappa shape index (κ3) is 3.17. The maximum absolute atomic E-state index is 12.0. The van der Waals surface area contributed by atoms with Gasteiger partial charge in [0, 0.05) is 6.54 Å². The molecule has 0 fully saturated rings. The number of aromatic nitrogens is 3. The molecule has 0 unspecified atom stereocenters. The smallest absolute Gasteiger partial charge is 0.289 e. The van der Waals surface area contributed by atoms with Crippen molar-refractivity contribution < 1.29 is 0 Å². The summed E-state index contributed by atoms with van der Waals surface area (Å²) >= 11 is 0. The van der Waals surface area contributed by atoms with E-state index >= 15 is 0 Å². The highest BCUT2D eigenvalue weighted by Crippen LogP contribution is 2.06. The molecule has 6 nitrogen and oxygen atoms in total. The van der Waals surface area contributed by atoms with E-state index in [0.717, 1.165) is 18.7 Å². The molecule has 0 aliphatic rings. The number of hydrazine groups is 1. The largest absolute Gasteiger partial charge is 0.356 e. The predicted octanol–water partition coefficient (Wildman–Crippen LogP) is 1.26. The van der Waals surface area contributed by atoms with Crippen LogP contribution in [0.25, 0.3) is 5.69 Å². The molecule has 0 aliphatic carbocycles. The maximum Gasteiger partial charge on any atom is 0.356 e. The van der Waals surface area contributed by atoms with Crippen LogP contribution in [0.5, 0.6) is 0 Å². The van der Waals surface area contributed by atoms with E-state index in [1.807, 2.05) is 37.3 Å². The average molecular weight is 259 g/mol. The van der Waals surface area contributed by atoms with Crippen molar-refractivity contribution in [1.82, 2.24) is 20.0 Å². The number of benzene rings is 1. The van der Waals surface area contributed by atoms with Gasteiger partial charge in [-0.25, -0.2) is 14.8 Å². The van der Waals surface area contributed by atoms with Crippen LogP contribution in [0.2, 0.25) is 0 Å². The Hall–Kier alpha value is -2.21. The van der Waals surface area contributed by atoms with Crippen molar-refractivity contribution in [3.8, 4) is 5.69 Å². The van der Waals surface area contributed by atoms with E-state index in [9.17, 15) is 4.79 Å². The lowest BCUT2D eigenvalue weighted by atomic mass is 10.3. The first-order valence-electron chi connectivity index (χ1n) is 6.24. The SMILES string of the molecule is CCCNNc1nc(C)n(-c2ccccc2)c(=O)n1. The first-order chi connectivity index (χ1) is 9.22. The normalized spacial score (nSPS) is 10.4. The molecule has 0 saturated carbocycles. The number of aryl methyl sites for hydroxylation is 1. The van der Waals surface area contributed by atoms with Gasteiger partial charge in [0.25, 0.3) is 0 Å². The van der Waals surface area contributed by atoms with Gasteiger partial charge in [0.05, 0.1) is 5.69 Å². The number of nitrogens with one attached hydrogen (secondary N) is 2. The molecule has 1 aromatic heterocycles. The van der Waals surface area contributed by atoms with Crippen LogP contribution in [0, 0.1) is 6.92 Å². The Kier molecular flexibility index (Phi) is 4.25. The summed E-state index contributed by atoms with van der Waals surface area (Å²) in [6, 6.07) is 9.34. The quantitative estimate of drug-likeness (QED) is 0.625. The summed E-state index contributed by atoms with van der Waals surface area (Å²) in [5.41, 5.74) is 6.18. The average Bonchev–Trinajstić information content (AvgIpc) is 2.39. The standard InChI is InChI=1S/C13H17N5O/c1-3-9-14-17-12-15-10(2)18(13(19)16-12)11-7-5-4-6-8-11/h4-8,14H,3,9H2,1-2H3,(H,16,17,19). The number of anilines is 1. The molecule has 0 amide bonds. The second-order valence-corrected chi connectivity index (χ2v) is 4.10. The second-order valence-electron chi connectivity index (χ2n) is 4.10. The van der Waals surface area contributed by atoms with Crippen LogP contribution < -0.4 is 16.5 Å². The second kappa shape index (κ2) is 6.10. The van der Waals surface area contributed by atoms with E-state index < -0.39 is 0 Å². The van der Waals surface area contributed by atoms with Crippen LogP contribution in [-0.2, 0) is 0 Å². The van der Waals surface area contributed by atoms with Crippen LogP contribution in [0.1, 0.15) is 19.2 Å². The fourth-order valence-electron chi connectivity index (χ4n) is 1.70. The molecule has 2 rings (SSSR count). The summed E-state index contributed by atoms with van der Waals surface area (Å²) in [4.78, 5) is 20.2. The Morgan fingerprint density at radius 3 is 2.58 bits per heavy atom. The van der Waals surface area contributed by atoms with Gasteiger partial charge in [-0.1, -0.05) is 25.1 Å². The van der Waals surface area contributed by atoms with Crippen LogP contribution in [0.4, 0.5) is 5.95 Å². The number of hydrogen-bond donors (Lipinski definition) is 2. The number of nitrogens with zero attached hydrogens (tertiary/aromatic N) is 3. The van der Waals surface area contributed by atoms with Crippen molar-refractivity contribution in [2.75, 3.05) is 12.0 Å². The van der Waals surface area contributed by atoms with Gasteiger partial charge in [0.2, 0.25) is 5.95 Å². The molecule has 2 aromatic rings. The van der Waals surface area contributed by atoms with Gasteiger partial charge in [0.15, 0.2) is 0 Å². The Balaban J connectivity index is 2.30. The highest BCUT2D eigenvalue weighted by molar-refractivity contribution is 5.33. The lowest BCUT2D eigenvalue weighted by Crippen LogP contribution is -2.30. The molecule has 0 bridgehead atoms. The molecule has 19 heavy (non-hydrogen) atoms. The third-order valence-corrected chi connectivity index (χ3v) is 2.57. The summed E-state index contributed by atoms with van der Waals surface area (Å²) in [6.45, 7) is 4.61. The van der Waals surface area contributed by atoms with Crippen LogP contribution >= 0.6 is 0 Å². The zero-order chi connectivity index (χ0) is 13.7. The minimum Gasteiger partial charge on any atom is -0.289 e. The van der Waals surface area contributed by atoms with Crippen molar-refractivity contribution in [2.24, 2.45) is 0 Å². The molecule has 0 aliphatic heterocycles. The summed E-state index contributed by atoms with van der Waals surface area (Å²) in [5, 5.41) is 0. The molecular weight excluding hydrogens is 242 g/mol. The molecule has 1 aromatic carbocycles. The van der Waals surface area contributed by atoms with Crippen molar-refractivity contribution in [3.63, 3.8) is 0 Å². The topological polar surface area (TPSA) is 71.8 Å². The molecule has 100 valence electrons. The maximum atomic E-state index is 12.0. The molecule has 0 saturated heterocycles. The van der Waals surface area contributed by atoms with Gasteiger partial charge in [0.1, 0.15) is 5.82 Å². The third-order valence-electron chi connectivity index (χ3n) is 2.57. The highest BCUT2D eigenvalue weighted by atomic mass is 16.1. The van der Waals surface area contributed by atoms with E-state index in [0.29, 0.717) is 11.8 Å². The molecule has 6 heteroatoms.